The van der Waals surface area contributed by atoms with Crippen molar-refractivity contribution in [1.29, 1.82) is 0 Å². The molecule has 0 fully saturated rings. The van der Waals surface area contributed by atoms with Crippen LogP contribution < -0.4 is 5.32 Å². The van der Waals surface area contributed by atoms with Crippen molar-refractivity contribution in [1.82, 2.24) is 29.6 Å². The Balaban J connectivity index is 1.82. The van der Waals surface area contributed by atoms with Gasteiger partial charge in [0.2, 0.25) is 5.91 Å². The van der Waals surface area contributed by atoms with Crippen LogP contribution in [-0.4, -0.2) is 30.2 Å². The van der Waals surface area contributed by atoms with Gasteiger partial charge in [0.15, 0.2) is 0 Å². The summed E-state index contributed by atoms with van der Waals surface area (Å²) >= 11 is 0. The number of amides is 1. The second kappa shape index (κ2) is 7.56. The molecule has 0 spiro atoms. The van der Waals surface area contributed by atoms with E-state index in [0.717, 1.165) is 31.8 Å². The van der Waals surface area contributed by atoms with Gasteiger partial charge < -0.3 is 9.88 Å². The molecule has 2 heterocycles. The van der Waals surface area contributed by atoms with E-state index in [2.05, 4.69) is 20.4 Å². The number of aryl methyl sites for hydroxylation is 2. The van der Waals surface area contributed by atoms with Gasteiger partial charge in [-0.05, 0) is 19.8 Å². The number of nitrogens with zero attached hydrogens (tertiary/aromatic N) is 5. The fourth-order valence-electron chi connectivity index (χ4n) is 2.24. The van der Waals surface area contributed by atoms with Crippen molar-refractivity contribution >= 4 is 5.91 Å². The minimum absolute atomic E-state index is 0.0487. The van der Waals surface area contributed by atoms with Crippen molar-refractivity contribution in [3.8, 4) is 0 Å². The highest BCUT2D eigenvalue weighted by molar-refractivity contribution is 5.76. The number of carbonyl (C=O) groups excluding carboxylic acids is 1. The van der Waals surface area contributed by atoms with E-state index < -0.39 is 0 Å². The number of aromatic nitrogens is 5. The summed E-state index contributed by atoms with van der Waals surface area (Å²) in [6.45, 7) is 5.60. The molecule has 2 rings (SSSR count). The predicted octanol–water partition coefficient (Wildman–Crippen LogP) is 1.54. The van der Waals surface area contributed by atoms with Crippen LogP contribution in [0.25, 0.3) is 0 Å². The molecule has 1 atom stereocenters. The van der Waals surface area contributed by atoms with Gasteiger partial charge in [0.05, 0.1) is 12.4 Å². The molecule has 21 heavy (non-hydrogen) atoms. The highest BCUT2D eigenvalue weighted by atomic mass is 16.1. The van der Waals surface area contributed by atoms with Gasteiger partial charge in [-0.25, -0.2) is 14.6 Å². The summed E-state index contributed by atoms with van der Waals surface area (Å²) in [6.07, 6.45) is 9.02. The number of carbonyl (C=O) groups is 1. The van der Waals surface area contributed by atoms with Gasteiger partial charge in [0.1, 0.15) is 12.2 Å². The maximum absolute atomic E-state index is 12.0. The molecule has 0 aliphatic carbocycles. The van der Waals surface area contributed by atoms with E-state index in [-0.39, 0.29) is 11.9 Å². The summed E-state index contributed by atoms with van der Waals surface area (Å²) < 4.78 is 3.79. The standard InChI is InChI=1S/C14H22N6O/c1-3-12(14-16-10-17-20(14)4-2)18-13(21)6-5-8-19-9-7-15-11-19/h7,9-12H,3-6,8H2,1-2H3,(H,18,21). The minimum atomic E-state index is -0.0757. The molecule has 0 aliphatic rings. The predicted molar refractivity (Wildman–Crippen MR) is 78.3 cm³/mol. The lowest BCUT2D eigenvalue weighted by Crippen LogP contribution is -2.30. The molecule has 0 saturated heterocycles. The average Bonchev–Trinajstić information content (AvgIpc) is 3.15. The highest BCUT2D eigenvalue weighted by Crippen LogP contribution is 2.13. The van der Waals surface area contributed by atoms with Crippen molar-refractivity contribution in [2.75, 3.05) is 0 Å². The second-order valence-electron chi connectivity index (χ2n) is 4.87. The molecule has 7 heteroatoms. The smallest absolute Gasteiger partial charge is 0.220 e. The monoisotopic (exact) mass is 290 g/mol. The second-order valence-corrected chi connectivity index (χ2v) is 4.87. The van der Waals surface area contributed by atoms with Crippen LogP contribution in [0.5, 0.6) is 0 Å². The van der Waals surface area contributed by atoms with Gasteiger partial charge in [-0.3, -0.25) is 4.79 Å². The first-order valence-electron chi connectivity index (χ1n) is 7.37. The van der Waals surface area contributed by atoms with Gasteiger partial charge in [-0.2, -0.15) is 5.10 Å². The van der Waals surface area contributed by atoms with Gasteiger partial charge in [0.25, 0.3) is 0 Å². The molecule has 0 radical (unpaired) electrons. The topological polar surface area (TPSA) is 77.6 Å². The number of hydrogen-bond donors (Lipinski definition) is 1. The van der Waals surface area contributed by atoms with Crippen molar-refractivity contribution in [2.24, 2.45) is 0 Å². The molecule has 2 aromatic rings. The summed E-state index contributed by atoms with van der Waals surface area (Å²) in [5.41, 5.74) is 0. The van der Waals surface area contributed by atoms with E-state index in [4.69, 9.17) is 0 Å². The van der Waals surface area contributed by atoms with E-state index in [1.165, 1.54) is 6.33 Å². The zero-order valence-corrected chi connectivity index (χ0v) is 12.6. The van der Waals surface area contributed by atoms with Gasteiger partial charge in [0, 0.05) is 31.9 Å². The highest BCUT2D eigenvalue weighted by Gasteiger charge is 2.17. The van der Waals surface area contributed by atoms with E-state index in [1.807, 2.05) is 29.3 Å². The first-order valence-corrected chi connectivity index (χ1v) is 7.37. The van der Waals surface area contributed by atoms with Crippen molar-refractivity contribution in [2.45, 2.75) is 52.2 Å². The summed E-state index contributed by atoms with van der Waals surface area (Å²) in [5, 5.41) is 7.19. The minimum Gasteiger partial charge on any atom is -0.346 e. The van der Waals surface area contributed by atoms with Gasteiger partial charge in [-0.1, -0.05) is 6.92 Å². The molecule has 2 aromatic heterocycles. The first kappa shape index (κ1) is 15.2. The SMILES string of the molecule is CCC(NC(=O)CCCn1ccnc1)c1ncnn1CC. The fourth-order valence-corrected chi connectivity index (χ4v) is 2.24. The third-order valence-electron chi connectivity index (χ3n) is 3.38. The maximum Gasteiger partial charge on any atom is 0.220 e. The summed E-state index contributed by atoms with van der Waals surface area (Å²) in [6, 6.07) is -0.0757. The lowest BCUT2D eigenvalue weighted by molar-refractivity contribution is -0.122. The van der Waals surface area contributed by atoms with Crippen LogP contribution in [0.2, 0.25) is 0 Å². The molecule has 7 nitrogen and oxygen atoms in total. The molecule has 0 aromatic carbocycles. The van der Waals surface area contributed by atoms with E-state index >= 15 is 0 Å². The van der Waals surface area contributed by atoms with Crippen LogP contribution in [0.1, 0.15) is 45.0 Å². The van der Waals surface area contributed by atoms with Crippen LogP contribution in [0.3, 0.4) is 0 Å². The molecule has 0 saturated carbocycles. The Labute approximate surface area is 124 Å². The summed E-state index contributed by atoms with van der Waals surface area (Å²) in [4.78, 5) is 20.3. The Bertz CT molecular complexity index is 548. The van der Waals surface area contributed by atoms with E-state index in [0.29, 0.717) is 6.42 Å². The van der Waals surface area contributed by atoms with Gasteiger partial charge >= 0.3 is 0 Å². The Morgan fingerprint density at radius 1 is 1.43 bits per heavy atom. The van der Waals surface area contributed by atoms with Crippen molar-refractivity contribution in [3.05, 3.63) is 30.9 Å². The first-order chi connectivity index (χ1) is 10.2. The van der Waals surface area contributed by atoms with E-state index in [1.54, 1.807) is 12.5 Å². The normalized spacial score (nSPS) is 12.3. The molecule has 1 unspecified atom stereocenters. The van der Waals surface area contributed by atoms with Crippen LogP contribution in [0.4, 0.5) is 0 Å². The Morgan fingerprint density at radius 2 is 2.29 bits per heavy atom. The third-order valence-corrected chi connectivity index (χ3v) is 3.38. The Kier molecular flexibility index (Phi) is 5.48. The molecular formula is C14H22N6O. The molecule has 0 aliphatic heterocycles. The average molecular weight is 290 g/mol. The zero-order valence-electron chi connectivity index (χ0n) is 12.6. The maximum atomic E-state index is 12.0. The quantitative estimate of drug-likeness (QED) is 0.800. The Hall–Kier alpha value is -2.18. The number of rotatable bonds is 8. The molecule has 1 N–H and O–H groups in total. The molecule has 0 bridgehead atoms. The number of nitrogens with one attached hydrogen (secondary N) is 1. The van der Waals surface area contributed by atoms with Crippen LogP contribution in [0.15, 0.2) is 25.0 Å². The number of imidazole rings is 1. The lowest BCUT2D eigenvalue weighted by Gasteiger charge is -2.16. The molecule has 114 valence electrons. The van der Waals surface area contributed by atoms with Crippen LogP contribution in [-0.2, 0) is 17.9 Å². The van der Waals surface area contributed by atoms with Crippen molar-refractivity contribution in [3.63, 3.8) is 0 Å². The Morgan fingerprint density at radius 3 is 2.95 bits per heavy atom. The molecular weight excluding hydrogens is 268 g/mol. The van der Waals surface area contributed by atoms with Crippen molar-refractivity contribution < 1.29 is 4.79 Å². The third kappa shape index (κ3) is 4.14. The largest absolute Gasteiger partial charge is 0.346 e. The van der Waals surface area contributed by atoms with E-state index in [9.17, 15) is 4.79 Å². The lowest BCUT2D eigenvalue weighted by atomic mass is 10.2. The number of hydrogen-bond acceptors (Lipinski definition) is 4. The summed E-state index contributed by atoms with van der Waals surface area (Å²) in [7, 11) is 0. The molecule has 1 amide bonds. The van der Waals surface area contributed by atoms with Crippen LogP contribution >= 0.6 is 0 Å². The summed E-state index contributed by atoms with van der Waals surface area (Å²) in [5.74, 6) is 0.871. The van der Waals surface area contributed by atoms with Gasteiger partial charge in [-0.15, -0.1) is 0 Å². The zero-order chi connectivity index (χ0) is 15.1. The van der Waals surface area contributed by atoms with Crippen LogP contribution in [0, 0.1) is 0 Å². The fraction of sp³-hybridized carbons (Fsp3) is 0.571.